The van der Waals surface area contributed by atoms with Crippen molar-refractivity contribution in [1.29, 1.82) is 0 Å². The third kappa shape index (κ3) is 16.6. The molecule has 0 bridgehead atoms. The van der Waals surface area contributed by atoms with Crippen molar-refractivity contribution in [3.05, 3.63) is 144 Å². The average molecular weight is 1130 g/mol. The van der Waals surface area contributed by atoms with Gasteiger partial charge in [-0.05, 0) is 213 Å². The van der Waals surface area contributed by atoms with Crippen LogP contribution in [-0.2, 0) is 32.5 Å². The van der Waals surface area contributed by atoms with Gasteiger partial charge < -0.3 is 25.5 Å². The highest BCUT2D eigenvalue weighted by molar-refractivity contribution is 7.99. The summed E-state index contributed by atoms with van der Waals surface area (Å²) in [4.78, 5) is 0. The first kappa shape index (κ1) is 67.2. The molecule has 5 rings (SSSR count). The zero-order chi connectivity index (χ0) is 61.0. The maximum atomic E-state index is 12.0. The van der Waals surface area contributed by atoms with Gasteiger partial charge in [-0.3, -0.25) is 0 Å². The molecular weight excluding hydrogens is 1010 g/mol. The van der Waals surface area contributed by atoms with E-state index in [9.17, 15) is 25.5 Å². The molecule has 0 saturated carbocycles. The molecular formula is C75H112O5S. The van der Waals surface area contributed by atoms with Crippen LogP contribution in [0.15, 0.2) is 60.7 Å². The number of phenols is 5. The normalized spacial score (nSPS) is 13.8. The van der Waals surface area contributed by atoms with Crippen molar-refractivity contribution in [2.45, 2.75) is 285 Å². The molecule has 448 valence electrons. The lowest BCUT2D eigenvalue weighted by Gasteiger charge is -2.44. The maximum Gasteiger partial charge on any atom is 0.119 e. The number of unbranched alkanes of at least 4 members (excludes halogenated alkanes) is 9. The van der Waals surface area contributed by atoms with E-state index < -0.39 is 5.41 Å². The Morgan fingerprint density at radius 2 is 0.654 bits per heavy atom. The van der Waals surface area contributed by atoms with Crippen LogP contribution in [-0.4, -0.2) is 36.5 Å². The molecule has 5 aromatic carbocycles. The van der Waals surface area contributed by atoms with Crippen LogP contribution in [0.3, 0.4) is 0 Å². The van der Waals surface area contributed by atoms with Gasteiger partial charge in [0.15, 0.2) is 0 Å². The Bertz CT molecular complexity index is 2780. The van der Waals surface area contributed by atoms with Gasteiger partial charge in [0.1, 0.15) is 28.7 Å². The molecule has 0 amide bonds. The summed E-state index contributed by atoms with van der Waals surface area (Å²) in [5.74, 6) is 2.43. The zero-order valence-electron chi connectivity index (χ0n) is 55.0. The SMILES string of the molecule is CCCCCCCCCCCCSC(CC(c1cc(C(C)(C)C)c(O)cc1C)c1cc(C(C)(C)C)c(O)cc1C)CC(CC(C)c1cc(C(C)(C)C)c(O)cc1C)(c1cc(C(C)(C)C)c(O)cc1C)c1cc(C(C)(C)C)c(O)cc1C. The first-order valence-corrected chi connectivity index (χ1v) is 32.2. The highest BCUT2D eigenvalue weighted by Crippen LogP contribution is 2.54. The first-order valence-electron chi connectivity index (χ1n) is 31.2. The van der Waals surface area contributed by atoms with Gasteiger partial charge in [-0.1, -0.05) is 206 Å². The van der Waals surface area contributed by atoms with Gasteiger partial charge in [-0.2, -0.15) is 11.8 Å². The summed E-state index contributed by atoms with van der Waals surface area (Å²) in [7, 11) is 0. The van der Waals surface area contributed by atoms with Crippen molar-refractivity contribution in [1.82, 2.24) is 0 Å². The summed E-state index contributed by atoms with van der Waals surface area (Å²) in [6.07, 6.45) is 15.0. The van der Waals surface area contributed by atoms with Gasteiger partial charge in [0, 0.05) is 16.6 Å². The number of hydrogen-bond acceptors (Lipinski definition) is 6. The van der Waals surface area contributed by atoms with E-state index in [2.05, 4.69) is 194 Å². The van der Waals surface area contributed by atoms with Crippen molar-refractivity contribution in [2.75, 3.05) is 5.75 Å². The summed E-state index contributed by atoms with van der Waals surface area (Å²) in [6.45, 7) is 48.2. The van der Waals surface area contributed by atoms with Gasteiger partial charge in [-0.15, -0.1) is 0 Å². The lowest BCUT2D eigenvalue weighted by molar-refractivity contribution is 0.380. The van der Waals surface area contributed by atoms with Crippen molar-refractivity contribution < 1.29 is 25.5 Å². The Labute approximate surface area is 498 Å². The second-order valence-corrected chi connectivity index (χ2v) is 31.6. The van der Waals surface area contributed by atoms with E-state index in [1.165, 1.54) is 85.6 Å². The topological polar surface area (TPSA) is 101 Å². The van der Waals surface area contributed by atoms with Crippen LogP contribution in [0.25, 0.3) is 0 Å². The molecule has 0 aliphatic carbocycles. The molecule has 0 aliphatic heterocycles. The van der Waals surface area contributed by atoms with E-state index >= 15 is 0 Å². The quantitative estimate of drug-likeness (QED) is 0.0418. The molecule has 0 aliphatic rings. The predicted molar refractivity (Wildman–Crippen MR) is 351 cm³/mol. The van der Waals surface area contributed by atoms with E-state index in [0.717, 1.165) is 80.6 Å². The monoisotopic (exact) mass is 1120 g/mol. The number of aromatic hydroxyl groups is 5. The Hall–Kier alpha value is -4.55. The highest BCUT2D eigenvalue weighted by atomic mass is 32.2. The summed E-state index contributed by atoms with van der Waals surface area (Å²) in [5, 5.41) is 59.2. The third-order valence-electron chi connectivity index (χ3n) is 17.8. The summed E-state index contributed by atoms with van der Waals surface area (Å²) < 4.78 is 0. The minimum atomic E-state index is -0.692. The first-order chi connectivity index (χ1) is 37.3. The second kappa shape index (κ2) is 26.6. The molecule has 81 heavy (non-hydrogen) atoms. The van der Waals surface area contributed by atoms with Gasteiger partial charge in [0.2, 0.25) is 0 Å². The number of benzene rings is 5. The zero-order valence-corrected chi connectivity index (χ0v) is 55.9. The number of thioether (sulfide) groups is 1. The number of rotatable bonds is 23. The van der Waals surface area contributed by atoms with Gasteiger partial charge >= 0.3 is 0 Å². The molecule has 5 aromatic rings. The minimum Gasteiger partial charge on any atom is -0.508 e. The summed E-state index contributed by atoms with van der Waals surface area (Å²) in [5.41, 5.74) is 13.3. The second-order valence-electron chi connectivity index (χ2n) is 30.2. The molecule has 0 spiro atoms. The molecule has 0 saturated heterocycles. The Kier molecular flexibility index (Phi) is 22.1. The van der Waals surface area contributed by atoms with Crippen molar-refractivity contribution >= 4 is 11.8 Å². The lowest BCUT2D eigenvalue weighted by Crippen LogP contribution is -2.36. The fourth-order valence-electron chi connectivity index (χ4n) is 13.3. The predicted octanol–water partition coefficient (Wildman–Crippen LogP) is 21.4. The molecule has 2 unspecified atom stereocenters. The van der Waals surface area contributed by atoms with Gasteiger partial charge in [0.05, 0.1) is 0 Å². The van der Waals surface area contributed by atoms with Crippen LogP contribution < -0.4 is 0 Å². The minimum absolute atomic E-state index is 0.00456. The fourth-order valence-corrected chi connectivity index (χ4v) is 14.7. The Balaban J connectivity index is 1.94. The Morgan fingerprint density at radius 1 is 0.358 bits per heavy atom. The lowest BCUT2D eigenvalue weighted by atomic mass is 9.61. The molecule has 5 nitrogen and oxygen atoms in total. The van der Waals surface area contributed by atoms with Crippen LogP contribution in [0, 0.1) is 34.6 Å². The van der Waals surface area contributed by atoms with E-state index in [1.807, 2.05) is 30.3 Å². The van der Waals surface area contributed by atoms with Crippen LogP contribution in [0.5, 0.6) is 28.7 Å². The average Bonchev–Trinajstić information content (AvgIpc) is 3.30. The van der Waals surface area contributed by atoms with Crippen LogP contribution in [0.2, 0.25) is 0 Å². The maximum absolute atomic E-state index is 12.0. The van der Waals surface area contributed by atoms with Crippen molar-refractivity contribution in [2.24, 2.45) is 0 Å². The molecule has 2 atom stereocenters. The standard InChI is InChI=1S/C75H112O5S/c1-23-24-25-26-27-28-29-30-31-32-33-81-53(39-57(55-41-61(71(11,12)13)66(77)35-48(55)3)56-42-62(72(14,15)16)67(78)36-49(56)4)46-75(58-43-63(73(17,18)19)68(79)37-50(58)5,59-44-64(74(20,21)22)69(80)38-51(59)6)45-52(7)54-40-60(70(8,9)10)65(76)34-47(54)2/h34-38,40-44,52-53,57,76-80H,23-33,39,45-46H2,1-22H3. The van der Waals surface area contributed by atoms with E-state index in [1.54, 1.807) is 0 Å². The molecule has 0 aromatic heterocycles. The smallest absolute Gasteiger partial charge is 0.119 e. The highest BCUT2D eigenvalue weighted by Gasteiger charge is 2.44. The fraction of sp³-hybridized carbons (Fsp3) is 0.600. The summed E-state index contributed by atoms with van der Waals surface area (Å²) in [6, 6.07) is 21.5. The third-order valence-corrected chi connectivity index (χ3v) is 19.1. The van der Waals surface area contributed by atoms with Gasteiger partial charge in [-0.25, -0.2) is 0 Å². The van der Waals surface area contributed by atoms with E-state index in [-0.39, 0.29) is 44.2 Å². The van der Waals surface area contributed by atoms with Gasteiger partial charge in [0.25, 0.3) is 0 Å². The largest absolute Gasteiger partial charge is 0.508 e. The number of phenolic OH excluding ortho intramolecular Hbond substituents is 5. The van der Waals surface area contributed by atoms with Crippen molar-refractivity contribution in [3.63, 3.8) is 0 Å². The number of hydrogen-bond donors (Lipinski definition) is 5. The summed E-state index contributed by atoms with van der Waals surface area (Å²) >= 11 is 2.11. The molecule has 5 N–H and O–H groups in total. The molecule has 0 radical (unpaired) electrons. The number of aryl methyl sites for hydroxylation is 5. The van der Waals surface area contributed by atoms with Crippen LogP contribution in [0.4, 0.5) is 0 Å². The molecule has 0 fully saturated rings. The molecule has 6 heteroatoms. The van der Waals surface area contributed by atoms with E-state index in [0.29, 0.717) is 35.2 Å². The van der Waals surface area contributed by atoms with Crippen molar-refractivity contribution in [3.8, 4) is 28.7 Å². The Morgan fingerprint density at radius 3 is 1.00 bits per heavy atom. The van der Waals surface area contributed by atoms with Crippen LogP contribution in [0.1, 0.15) is 296 Å². The van der Waals surface area contributed by atoms with E-state index in [4.69, 9.17) is 0 Å². The van der Waals surface area contributed by atoms with Crippen LogP contribution >= 0.6 is 11.8 Å². The molecule has 0 heterocycles.